The van der Waals surface area contributed by atoms with Crippen molar-refractivity contribution < 1.29 is 17.4 Å². The number of nitrogens with zero attached hydrogens (tertiary/aromatic N) is 1. The standard InChI is InChI=1S/C14H16FNO3S/c1-3-9-16(2)13-8-7-10-11(5-4-6-12(10)15)14(13)20(17,18)19/h4-8H,3,9H2,1-2H3,(H,17,18,19). The van der Waals surface area contributed by atoms with Crippen LogP contribution in [0.2, 0.25) is 0 Å². The lowest BCUT2D eigenvalue weighted by atomic mass is 10.1. The quantitative estimate of drug-likeness (QED) is 0.881. The molecule has 1 N–H and O–H groups in total. The monoisotopic (exact) mass is 297 g/mol. The molecule has 2 aromatic rings. The van der Waals surface area contributed by atoms with Gasteiger partial charge in [-0.3, -0.25) is 4.55 Å². The van der Waals surface area contributed by atoms with Crippen LogP contribution in [0.5, 0.6) is 0 Å². The van der Waals surface area contributed by atoms with E-state index >= 15 is 0 Å². The predicted octanol–water partition coefficient (Wildman–Crippen LogP) is 3.07. The van der Waals surface area contributed by atoms with Crippen LogP contribution in [0.3, 0.4) is 0 Å². The van der Waals surface area contributed by atoms with Crippen LogP contribution in [0.4, 0.5) is 10.1 Å². The van der Waals surface area contributed by atoms with Gasteiger partial charge >= 0.3 is 0 Å². The zero-order valence-corrected chi connectivity index (χ0v) is 12.1. The van der Waals surface area contributed by atoms with Crippen molar-refractivity contribution in [1.82, 2.24) is 0 Å². The van der Waals surface area contributed by atoms with E-state index in [9.17, 15) is 17.4 Å². The Labute approximate surface area is 117 Å². The van der Waals surface area contributed by atoms with Crippen LogP contribution in [0.25, 0.3) is 10.8 Å². The van der Waals surface area contributed by atoms with Crippen molar-refractivity contribution in [2.24, 2.45) is 0 Å². The Hall–Kier alpha value is -1.66. The molecule has 108 valence electrons. The summed E-state index contributed by atoms with van der Waals surface area (Å²) in [5.41, 5.74) is 0.368. The summed E-state index contributed by atoms with van der Waals surface area (Å²) in [6, 6.07) is 7.22. The minimum absolute atomic E-state index is 0.175. The van der Waals surface area contributed by atoms with Gasteiger partial charge < -0.3 is 4.90 Å². The van der Waals surface area contributed by atoms with Crippen molar-refractivity contribution >= 4 is 26.6 Å². The summed E-state index contributed by atoms with van der Waals surface area (Å²) in [6.07, 6.45) is 0.822. The fourth-order valence-corrected chi connectivity index (χ4v) is 3.25. The number of hydrogen-bond acceptors (Lipinski definition) is 3. The minimum atomic E-state index is -4.45. The Balaban J connectivity index is 2.84. The van der Waals surface area contributed by atoms with E-state index in [1.165, 1.54) is 30.3 Å². The second-order valence-corrected chi connectivity index (χ2v) is 6.00. The van der Waals surface area contributed by atoms with Gasteiger partial charge in [-0.05, 0) is 24.6 Å². The molecule has 0 aliphatic carbocycles. The van der Waals surface area contributed by atoms with Crippen molar-refractivity contribution in [3.8, 4) is 0 Å². The van der Waals surface area contributed by atoms with Gasteiger partial charge in [0.05, 0.1) is 5.69 Å². The fraction of sp³-hybridized carbons (Fsp3) is 0.286. The molecule has 0 bridgehead atoms. The summed E-state index contributed by atoms with van der Waals surface area (Å²) < 4.78 is 46.6. The van der Waals surface area contributed by atoms with E-state index in [4.69, 9.17) is 0 Å². The SMILES string of the molecule is CCCN(C)c1ccc2c(F)cccc2c1S(=O)(=O)O. The van der Waals surface area contributed by atoms with E-state index in [0.29, 0.717) is 12.2 Å². The maximum absolute atomic E-state index is 13.7. The van der Waals surface area contributed by atoms with E-state index in [0.717, 1.165) is 6.42 Å². The Morgan fingerprint density at radius 3 is 2.50 bits per heavy atom. The van der Waals surface area contributed by atoms with Crippen LogP contribution in [0, 0.1) is 5.82 Å². The first-order chi connectivity index (χ1) is 9.36. The van der Waals surface area contributed by atoms with Crippen LogP contribution in [0.15, 0.2) is 35.2 Å². The second kappa shape index (κ2) is 5.38. The van der Waals surface area contributed by atoms with Gasteiger partial charge in [0, 0.05) is 24.4 Å². The summed E-state index contributed by atoms with van der Waals surface area (Å²) in [5, 5.41) is 0.363. The zero-order chi connectivity index (χ0) is 14.9. The molecular weight excluding hydrogens is 281 g/mol. The third-order valence-corrected chi connectivity index (χ3v) is 4.11. The first-order valence-corrected chi connectivity index (χ1v) is 7.70. The highest BCUT2D eigenvalue weighted by Crippen LogP contribution is 2.33. The molecule has 0 saturated heterocycles. The van der Waals surface area contributed by atoms with Gasteiger partial charge in [-0.15, -0.1) is 0 Å². The molecule has 0 heterocycles. The largest absolute Gasteiger partial charge is 0.373 e. The molecule has 2 rings (SSSR count). The van der Waals surface area contributed by atoms with Gasteiger partial charge in [-0.2, -0.15) is 8.42 Å². The number of benzene rings is 2. The topological polar surface area (TPSA) is 57.6 Å². The smallest absolute Gasteiger partial charge is 0.297 e. The molecule has 2 aromatic carbocycles. The molecule has 0 aromatic heterocycles. The lowest BCUT2D eigenvalue weighted by Gasteiger charge is -2.22. The van der Waals surface area contributed by atoms with Crippen LogP contribution in [-0.2, 0) is 10.1 Å². The minimum Gasteiger partial charge on any atom is -0.373 e. The zero-order valence-electron chi connectivity index (χ0n) is 11.3. The van der Waals surface area contributed by atoms with Crippen LogP contribution in [-0.4, -0.2) is 26.6 Å². The molecule has 0 spiro atoms. The Bertz CT molecular complexity index is 743. The molecule has 0 radical (unpaired) electrons. The molecule has 6 heteroatoms. The Kier molecular flexibility index (Phi) is 3.96. The lowest BCUT2D eigenvalue weighted by Crippen LogP contribution is -2.20. The third-order valence-electron chi connectivity index (χ3n) is 3.17. The normalized spacial score (nSPS) is 11.8. The predicted molar refractivity (Wildman–Crippen MR) is 77.3 cm³/mol. The molecule has 20 heavy (non-hydrogen) atoms. The third kappa shape index (κ3) is 2.62. The van der Waals surface area contributed by atoms with Crippen molar-refractivity contribution in [3.63, 3.8) is 0 Å². The molecule has 0 saturated carbocycles. The summed E-state index contributed by atoms with van der Waals surface area (Å²) in [5.74, 6) is -0.517. The summed E-state index contributed by atoms with van der Waals surface area (Å²) in [7, 11) is -2.71. The number of hydrogen-bond donors (Lipinski definition) is 1. The molecule has 0 aliphatic heterocycles. The van der Waals surface area contributed by atoms with E-state index in [-0.39, 0.29) is 15.7 Å². The highest BCUT2D eigenvalue weighted by atomic mass is 32.2. The Morgan fingerprint density at radius 2 is 1.90 bits per heavy atom. The van der Waals surface area contributed by atoms with Crippen LogP contribution in [0.1, 0.15) is 13.3 Å². The lowest BCUT2D eigenvalue weighted by molar-refractivity contribution is 0.484. The van der Waals surface area contributed by atoms with Crippen LogP contribution < -0.4 is 4.90 Å². The number of halogens is 1. The maximum atomic E-state index is 13.7. The molecule has 4 nitrogen and oxygen atoms in total. The molecule has 0 fully saturated rings. The molecule has 0 unspecified atom stereocenters. The van der Waals surface area contributed by atoms with Crippen LogP contribution >= 0.6 is 0 Å². The average Bonchev–Trinajstić information content (AvgIpc) is 2.37. The van der Waals surface area contributed by atoms with Crippen molar-refractivity contribution in [2.45, 2.75) is 18.2 Å². The molecular formula is C14H16FNO3S. The van der Waals surface area contributed by atoms with E-state index in [1.807, 2.05) is 6.92 Å². The molecule has 0 atom stereocenters. The number of rotatable bonds is 4. The van der Waals surface area contributed by atoms with E-state index in [2.05, 4.69) is 0 Å². The summed E-state index contributed by atoms with van der Waals surface area (Å²) in [6.45, 7) is 2.59. The van der Waals surface area contributed by atoms with Gasteiger partial charge in [0.15, 0.2) is 0 Å². The van der Waals surface area contributed by atoms with Crippen molar-refractivity contribution in [2.75, 3.05) is 18.5 Å². The number of fused-ring (bicyclic) bond motifs is 1. The van der Waals surface area contributed by atoms with Gasteiger partial charge in [0.2, 0.25) is 0 Å². The first-order valence-electron chi connectivity index (χ1n) is 6.26. The highest BCUT2D eigenvalue weighted by Gasteiger charge is 2.22. The molecule has 0 aliphatic rings. The van der Waals surface area contributed by atoms with E-state index in [1.54, 1.807) is 11.9 Å². The van der Waals surface area contributed by atoms with Crippen molar-refractivity contribution in [1.29, 1.82) is 0 Å². The first kappa shape index (κ1) is 14.7. The maximum Gasteiger partial charge on any atom is 0.297 e. The van der Waals surface area contributed by atoms with Gasteiger partial charge in [0.1, 0.15) is 10.7 Å². The van der Waals surface area contributed by atoms with Crippen molar-refractivity contribution in [3.05, 3.63) is 36.1 Å². The highest BCUT2D eigenvalue weighted by molar-refractivity contribution is 7.86. The van der Waals surface area contributed by atoms with Gasteiger partial charge in [0.25, 0.3) is 10.1 Å². The summed E-state index contributed by atoms with van der Waals surface area (Å²) >= 11 is 0. The summed E-state index contributed by atoms with van der Waals surface area (Å²) in [4.78, 5) is 1.48. The molecule has 0 amide bonds. The van der Waals surface area contributed by atoms with Gasteiger partial charge in [-0.1, -0.05) is 19.1 Å². The van der Waals surface area contributed by atoms with E-state index < -0.39 is 15.9 Å². The second-order valence-electron chi connectivity index (χ2n) is 4.65. The fourth-order valence-electron chi connectivity index (χ4n) is 2.31. The number of anilines is 1. The van der Waals surface area contributed by atoms with Gasteiger partial charge in [-0.25, -0.2) is 4.39 Å². The Morgan fingerprint density at radius 1 is 1.20 bits per heavy atom. The average molecular weight is 297 g/mol.